The maximum Gasteiger partial charge on any atom is 0.0705 e. The summed E-state index contributed by atoms with van der Waals surface area (Å²) in [7, 11) is 0. The summed E-state index contributed by atoms with van der Waals surface area (Å²) in [6, 6.07) is 10.00. The molecule has 1 aromatic carbocycles. The molecule has 0 spiro atoms. The fourth-order valence-electron chi connectivity index (χ4n) is 1.89. The number of ether oxygens (including phenoxy) is 1. The number of fused-ring (bicyclic) bond motifs is 1. The number of benzene rings is 1. The summed E-state index contributed by atoms with van der Waals surface area (Å²) < 4.78 is 5.43. The van der Waals surface area contributed by atoms with Gasteiger partial charge in [-0.05, 0) is 24.6 Å². The molecule has 0 bridgehead atoms. The molecule has 1 aromatic heterocycles. The van der Waals surface area contributed by atoms with Crippen LogP contribution in [0.3, 0.4) is 0 Å². The van der Waals surface area contributed by atoms with E-state index >= 15 is 0 Å². The van der Waals surface area contributed by atoms with Gasteiger partial charge in [0.15, 0.2) is 0 Å². The second-order valence-electron chi connectivity index (χ2n) is 3.80. The summed E-state index contributed by atoms with van der Waals surface area (Å²) in [4.78, 5) is 4.33. The van der Waals surface area contributed by atoms with Crippen LogP contribution in [-0.4, -0.2) is 18.2 Å². The zero-order valence-corrected chi connectivity index (χ0v) is 9.89. The third-order valence-electron chi connectivity index (χ3n) is 2.74. The molecule has 0 radical (unpaired) electrons. The van der Waals surface area contributed by atoms with Crippen molar-refractivity contribution in [1.82, 2.24) is 10.4 Å². The van der Waals surface area contributed by atoms with Crippen molar-refractivity contribution in [1.29, 1.82) is 0 Å². The lowest BCUT2D eigenvalue weighted by Crippen LogP contribution is -2.31. The minimum atomic E-state index is -0.0113. The van der Waals surface area contributed by atoms with E-state index in [1.54, 1.807) is 6.20 Å². The van der Waals surface area contributed by atoms with Crippen molar-refractivity contribution in [3.8, 4) is 0 Å². The quantitative estimate of drug-likeness (QED) is 0.608. The van der Waals surface area contributed by atoms with Crippen LogP contribution in [0, 0.1) is 0 Å². The largest absolute Gasteiger partial charge is 0.380 e. The van der Waals surface area contributed by atoms with Crippen LogP contribution >= 0.6 is 0 Å². The van der Waals surface area contributed by atoms with Crippen molar-refractivity contribution < 1.29 is 4.74 Å². The maximum absolute atomic E-state index is 5.59. The van der Waals surface area contributed by atoms with Gasteiger partial charge in [-0.15, -0.1) is 0 Å². The number of aromatic nitrogens is 1. The molecule has 0 aliphatic carbocycles. The topological polar surface area (TPSA) is 60.2 Å². The van der Waals surface area contributed by atoms with E-state index in [1.807, 2.05) is 37.3 Å². The van der Waals surface area contributed by atoms with Crippen LogP contribution in [0.1, 0.15) is 18.5 Å². The van der Waals surface area contributed by atoms with Crippen LogP contribution in [-0.2, 0) is 4.74 Å². The lowest BCUT2D eigenvalue weighted by molar-refractivity contribution is 0.123. The molecular weight excluding hydrogens is 214 g/mol. The van der Waals surface area contributed by atoms with Gasteiger partial charge in [0.2, 0.25) is 0 Å². The summed E-state index contributed by atoms with van der Waals surface area (Å²) in [6.07, 6.45) is 1.79. The molecule has 17 heavy (non-hydrogen) atoms. The number of nitrogens with two attached hydrogens (primary N) is 1. The SMILES string of the molecule is CCOCC(NN)c1cccc2ncccc12. The van der Waals surface area contributed by atoms with Crippen LogP contribution in [0.2, 0.25) is 0 Å². The molecule has 2 aromatic rings. The highest BCUT2D eigenvalue weighted by molar-refractivity contribution is 5.82. The van der Waals surface area contributed by atoms with E-state index in [0.29, 0.717) is 13.2 Å². The minimum absolute atomic E-state index is 0.0113. The Balaban J connectivity index is 2.38. The molecule has 3 N–H and O–H groups in total. The fraction of sp³-hybridized carbons (Fsp3) is 0.308. The highest BCUT2D eigenvalue weighted by atomic mass is 16.5. The monoisotopic (exact) mass is 231 g/mol. The van der Waals surface area contributed by atoms with Crippen molar-refractivity contribution in [2.24, 2.45) is 5.84 Å². The van der Waals surface area contributed by atoms with Gasteiger partial charge < -0.3 is 4.74 Å². The van der Waals surface area contributed by atoms with E-state index in [9.17, 15) is 0 Å². The smallest absolute Gasteiger partial charge is 0.0705 e. The van der Waals surface area contributed by atoms with Gasteiger partial charge in [0.1, 0.15) is 0 Å². The standard InChI is InChI=1S/C13H17N3O/c1-2-17-9-13(16-14)11-5-3-7-12-10(11)6-4-8-15-12/h3-8,13,16H,2,9,14H2,1H3. The number of hydrogen-bond acceptors (Lipinski definition) is 4. The summed E-state index contributed by atoms with van der Waals surface area (Å²) in [5.74, 6) is 5.59. The molecule has 0 saturated heterocycles. The van der Waals surface area contributed by atoms with Gasteiger partial charge >= 0.3 is 0 Å². The van der Waals surface area contributed by atoms with E-state index in [2.05, 4.69) is 10.4 Å². The fourth-order valence-corrected chi connectivity index (χ4v) is 1.89. The predicted molar refractivity (Wildman–Crippen MR) is 68.3 cm³/mol. The number of rotatable bonds is 5. The van der Waals surface area contributed by atoms with Gasteiger partial charge in [-0.2, -0.15) is 0 Å². The first-order valence-corrected chi connectivity index (χ1v) is 5.74. The summed E-state index contributed by atoms with van der Waals surface area (Å²) >= 11 is 0. The van der Waals surface area contributed by atoms with Gasteiger partial charge in [0.05, 0.1) is 18.2 Å². The van der Waals surface area contributed by atoms with E-state index in [1.165, 1.54) is 0 Å². The van der Waals surface area contributed by atoms with Gasteiger partial charge in [0.25, 0.3) is 0 Å². The van der Waals surface area contributed by atoms with Gasteiger partial charge in [0, 0.05) is 18.2 Å². The Kier molecular flexibility index (Phi) is 4.03. The average molecular weight is 231 g/mol. The molecule has 4 heteroatoms. The van der Waals surface area contributed by atoms with Crippen molar-refractivity contribution >= 4 is 10.9 Å². The highest BCUT2D eigenvalue weighted by Crippen LogP contribution is 2.22. The Morgan fingerprint density at radius 2 is 2.24 bits per heavy atom. The Morgan fingerprint density at radius 3 is 3.00 bits per heavy atom. The molecule has 0 fully saturated rings. The molecule has 4 nitrogen and oxygen atoms in total. The molecule has 0 aliphatic rings. The normalized spacial score (nSPS) is 12.8. The van der Waals surface area contributed by atoms with Crippen LogP contribution in [0.25, 0.3) is 10.9 Å². The highest BCUT2D eigenvalue weighted by Gasteiger charge is 2.12. The third kappa shape index (κ3) is 2.61. The summed E-state index contributed by atoms with van der Waals surface area (Å²) in [5, 5.41) is 1.11. The molecule has 2 rings (SSSR count). The molecule has 90 valence electrons. The average Bonchev–Trinajstić information content (AvgIpc) is 2.40. The maximum atomic E-state index is 5.59. The lowest BCUT2D eigenvalue weighted by Gasteiger charge is -2.17. The first-order chi connectivity index (χ1) is 8.36. The number of nitrogens with one attached hydrogen (secondary N) is 1. The van der Waals surface area contributed by atoms with Crippen molar-refractivity contribution in [2.75, 3.05) is 13.2 Å². The first kappa shape index (κ1) is 12.0. The molecule has 0 saturated carbocycles. The number of nitrogens with zero attached hydrogens (tertiary/aromatic N) is 1. The van der Waals surface area contributed by atoms with Crippen molar-refractivity contribution in [2.45, 2.75) is 13.0 Å². The number of hydrazine groups is 1. The number of pyridine rings is 1. The minimum Gasteiger partial charge on any atom is -0.380 e. The Labute approximate surface area is 101 Å². The zero-order valence-electron chi connectivity index (χ0n) is 9.89. The molecule has 1 atom stereocenters. The molecule has 1 heterocycles. The van der Waals surface area contributed by atoms with E-state index in [4.69, 9.17) is 10.6 Å². The third-order valence-corrected chi connectivity index (χ3v) is 2.74. The predicted octanol–water partition coefficient (Wildman–Crippen LogP) is 1.78. The second kappa shape index (κ2) is 5.72. The van der Waals surface area contributed by atoms with Crippen LogP contribution in [0.15, 0.2) is 36.5 Å². The van der Waals surface area contributed by atoms with Crippen molar-refractivity contribution in [3.05, 3.63) is 42.1 Å². The Morgan fingerprint density at radius 1 is 1.35 bits per heavy atom. The Bertz CT molecular complexity index is 482. The molecule has 0 amide bonds. The van der Waals surface area contributed by atoms with Crippen LogP contribution in [0.4, 0.5) is 0 Å². The van der Waals surface area contributed by atoms with Crippen molar-refractivity contribution in [3.63, 3.8) is 0 Å². The van der Waals surface area contributed by atoms with Gasteiger partial charge in [-0.25, -0.2) is 0 Å². The lowest BCUT2D eigenvalue weighted by atomic mass is 10.0. The zero-order chi connectivity index (χ0) is 12.1. The van der Waals surface area contributed by atoms with Crippen LogP contribution < -0.4 is 11.3 Å². The summed E-state index contributed by atoms with van der Waals surface area (Å²) in [5.41, 5.74) is 4.88. The molecule has 1 unspecified atom stereocenters. The van der Waals surface area contributed by atoms with E-state index < -0.39 is 0 Å². The van der Waals surface area contributed by atoms with Crippen LogP contribution in [0.5, 0.6) is 0 Å². The summed E-state index contributed by atoms with van der Waals surface area (Å²) in [6.45, 7) is 3.21. The molecular formula is C13H17N3O. The number of hydrogen-bond donors (Lipinski definition) is 2. The second-order valence-corrected chi connectivity index (χ2v) is 3.80. The first-order valence-electron chi connectivity index (χ1n) is 5.74. The van der Waals surface area contributed by atoms with Gasteiger partial charge in [-0.1, -0.05) is 18.2 Å². The van der Waals surface area contributed by atoms with Gasteiger partial charge in [-0.3, -0.25) is 16.3 Å². The van der Waals surface area contributed by atoms with E-state index in [0.717, 1.165) is 16.5 Å². The Hall–Kier alpha value is -1.49. The molecule has 0 aliphatic heterocycles. The van der Waals surface area contributed by atoms with E-state index in [-0.39, 0.29) is 6.04 Å².